The number of ether oxygens (including phenoxy) is 3. The Kier molecular flexibility index (Phi) is 7.16. The van der Waals surface area contributed by atoms with Crippen molar-refractivity contribution < 1.29 is 28.6 Å². The molecule has 0 fully saturated rings. The van der Waals surface area contributed by atoms with Crippen LogP contribution in [0.4, 0.5) is 0 Å². The molecule has 144 valence electrons. The predicted octanol–water partition coefficient (Wildman–Crippen LogP) is 2.96. The average Bonchev–Trinajstić information content (AvgIpc) is 3.01. The molecule has 0 bridgehead atoms. The number of nitrogens with one attached hydrogen (secondary N) is 1. The Bertz CT molecular complexity index is 809. The van der Waals surface area contributed by atoms with E-state index in [-0.39, 0.29) is 37.3 Å². The van der Waals surface area contributed by atoms with Gasteiger partial charge < -0.3 is 19.2 Å². The van der Waals surface area contributed by atoms with Crippen molar-refractivity contribution in [2.75, 3.05) is 13.7 Å². The van der Waals surface area contributed by atoms with Crippen LogP contribution in [0.5, 0.6) is 0 Å². The van der Waals surface area contributed by atoms with Gasteiger partial charge in [-0.15, -0.1) is 0 Å². The molecule has 0 atom stereocenters. The van der Waals surface area contributed by atoms with Crippen molar-refractivity contribution in [3.63, 3.8) is 0 Å². The van der Waals surface area contributed by atoms with Crippen LogP contribution in [0.15, 0.2) is 30.3 Å². The van der Waals surface area contributed by atoms with E-state index >= 15 is 0 Å². The second-order valence-electron chi connectivity index (χ2n) is 5.84. The highest BCUT2D eigenvalue weighted by molar-refractivity contribution is 5.99. The van der Waals surface area contributed by atoms with Gasteiger partial charge in [0, 0.05) is 12.1 Å². The molecule has 0 aliphatic rings. The van der Waals surface area contributed by atoms with E-state index in [0.29, 0.717) is 11.3 Å². The molecule has 2 aromatic rings. The van der Waals surface area contributed by atoms with Crippen LogP contribution in [0.2, 0.25) is 0 Å². The number of H-pyrrole nitrogens is 1. The summed E-state index contributed by atoms with van der Waals surface area (Å²) in [4.78, 5) is 39.3. The fraction of sp³-hybridized carbons (Fsp3) is 0.350. The third kappa shape index (κ3) is 5.20. The first kappa shape index (κ1) is 20.2. The molecule has 0 unspecified atom stereocenters. The maximum Gasteiger partial charge on any atom is 0.355 e. The van der Waals surface area contributed by atoms with Gasteiger partial charge in [-0.2, -0.15) is 0 Å². The molecule has 0 spiro atoms. The molecule has 0 saturated carbocycles. The highest BCUT2D eigenvalue weighted by atomic mass is 16.5. The number of hydrogen-bond acceptors (Lipinski definition) is 6. The summed E-state index contributed by atoms with van der Waals surface area (Å²) >= 11 is 0. The Morgan fingerprint density at radius 2 is 1.74 bits per heavy atom. The molecule has 0 amide bonds. The zero-order chi connectivity index (χ0) is 19.8. The van der Waals surface area contributed by atoms with Crippen molar-refractivity contribution in [2.45, 2.75) is 33.3 Å². The summed E-state index contributed by atoms with van der Waals surface area (Å²) in [5.41, 5.74) is 2.13. The number of benzene rings is 1. The smallest absolute Gasteiger partial charge is 0.355 e. The summed E-state index contributed by atoms with van der Waals surface area (Å²) in [7, 11) is 1.28. The second-order valence-corrected chi connectivity index (χ2v) is 5.84. The van der Waals surface area contributed by atoms with Gasteiger partial charge >= 0.3 is 17.9 Å². The van der Waals surface area contributed by atoms with Crippen molar-refractivity contribution in [3.8, 4) is 0 Å². The topological polar surface area (TPSA) is 94.7 Å². The lowest BCUT2D eigenvalue weighted by Crippen LogP contribution is -2.13. The second kappa shape index (κ2) is 9.56. The van der Waals surface area contributed by atoms with Gasteiger partial charge in [0.1, 0.15) is 12.3 Å². The summed E-state index contributed by atoms with van der Waals surface area (Å²) < 4.78 is 15.1. The van der Waals surface area contributed by atoms with Gasteiger partial charge in [0.05, 0.1) is 19.3 Å². The molecular formula is C20H23NO6. The van der Waals surface area contributed by atoms with E-state index in [9.17, 15) is 14.4 Å². The largest absolute Gasteiger partial charge is 0.469 e. The monoisotopic (exact) mass is 373 g/mol. The normalized spacial score (nSPS) is 10.3. The molecule has 1 N–H and O–H groups in total. The van der Waals surface area contributed by atoms with Crippen LogP contribution in [0.1, 0.15) is 51.0 Å². The number of rotatable bonds is 8. The Morgan fingerprint density at radius 3 is 2.37 bits per heavy atom. The van der Waals surface area contributed by atoms with E-state index in [0.717, 1.165) is 5.56 Å². The van der Waals surface area contributed by atoms with E-state index in [2.05, 4.69) is 9.72 Å². The van der Waals surface area contributed by atoms with Crippen LogP contribution < -0.4 is 0 Å². The van der Waals surface area contributed by atoms with Gasteiger partial charge in [-0.25, -0.2) is 9.59 Å². The number of carbonyl (C=O) groups excluding carboxylic acids is 3. The van der Waals surface area contributed by atoms with E-state index < -0.39 is 17.9 Å². The molecule has 1 heterocycles. The number of aromatic nitrogens is 1. The van der Waals surface area contributed by atoms with Crippen LogP contribution in [0, 0.1) is 6.92 Å². The molecule has 0 saturated heterocycles. The lowest BCUT2D eigenvalue weighted by atomic mass is 10.0. The Labute approximate surface area is 157 Å². The van der Waals surface area contributed by atoms with Crippen molar-refractivity contribution in [3.05, 3.63) is 58.4 Å². The van der Waals surface area contributed by atoms with Gasteiger partial charge in [0.15, 0.2) is 0 Å². The van der Waals surface area contributed by atoms with Gasteiger partial charge in [0.2, 0.25) is 0 Å². The van der Waals surface area contributed by atoms with Crippen LogP contribution in [-0.2, 0) is 32.0 Å². The van der Waals surface area contributed by atoms with E-state index in [1.165, 1.54) is 7.11 Å². The minimum absolute atomic E-state index is 0.0269. The number of methoxy groups -OCH3 is 1. The minimum atomic E-state index is -0.581. The first-order valence-electron chi connectivity index (χ1n) is 8.64. The van der Waals surface area contributed by atoms with Gasteiger partial charge in [-0.3, -0.25) is 4.79 Å². The van der Waals surface area contributed by atoms with Crippen molar-refractivity contribution in [2.24, 2.45) is 0 Å². The molecule has 27 heavy (non-hydrogen) atoms. The SMILES string of the molecule is CCOC(=O)c1[nH]c(C)c(C(=O)OCc2ccccc2)c1CCC(=O)OC. The first-order chi connectivity index (χ1) is 13.0. The van der Waals surface area contributed by atoms with Crippen molar-refractivity contribution >= 4 is 17.9 Å². The number of aromatic amines is 1. The minimum Gasteiger partial charge on any atom is -0.469 e. The highest BCUT2D eigenvalue weighted by Gasteiger charge is 2.27. The molecule has 1 aromatic heterocycles. The van der Waals surface area contributed by atoms with E-state index in [1.807, 2.05) is 30.3 Å². The predicted molar refractivity (Wildman–Crippen MR) is 97.4 cm³/mol. The molecule has 7 nitrogen and oxygen atoms in total. The Balaban J connectivity index is 2.27. The summed E-state index contributed by atoms with van der Waals surface area (Å²) in [6.07, 6.45) is 0.181. The van der Waals surface area contributed by atoms with Gasteiger partial charge in [-0.05, 0) is 31.4 Å². The Morgan fingerprint density at radius 1 is 1.04 bits per heavy atom. The highest BCUT2D eigenvalue weighted by Crippen LogP contribution is 2.23. The molecule has 1 aromatic carbocycles. The number of hydrogen-bond donors (Lipinski definition) is 1. The van der Waals surface area contributed by atoms with Gasteiger partial charge in [0.25, 0.3) is 0 Å². The lowest BCUT2D eigenvalue weighted by Gasteiger charge is -2.08. The molecule has 0 aliphatic carbocycles. The van der Waals surface area contributed by atoms with Crippen molar-refractivity contribution in [1.29, 1.82) is 0 Å². The Hall–Kier alpha value is -3.09. The molecular weight excluding hydrogens is 350 g/mol. The number of esters is 3. The fourth-order valence-corrected chi connectivity index (χ4v) is 2.70. The van der Waals surface area contributed by atoms with Crippen LogP contribution in [0.25, 0.3) is 0 Å². The zero-order valence-electron chi connectivity index (χ0n) is 15.7. The summed E-state index contributed by atoms with van der Waals surface area (Å²) in [6.45, 7) is 3.66. The maximum atomic E-state index is 12.7. The maximum absolute atomic E-state index is 12.7. The van der Waals surface area contributed by atoms with Crippen LogP contribution in [0.3, 0.4) is 0 Å². The van der Waals surface area contributed by atoms with E-state index in [1.54, 1.807) is 13.8 Å². The quantitative estimate of drug-likeness (QED) is 0.565. The standard InChI is InChI=1S/C20H23NO6/c1-4-26-20(24)18-15(10-11-16(22)25-3)17(13(2)21-18)19(23)27-12-14-8-6-5-7-9-14/h5-9,21H,4,10-12H2,1-3H3. The van der Waals surface area contributed by atoms with E-state index in [4.69, 9.17) is 9.47 Å². The number of carbonyl (C=O) groups is 3. The first-order valence-corrected chi connectivity index (χ1v) is 8.64. The average molecular weight is 373 g/mol. The molecule has 0 aliphatic heterocycles. The van der Waals surface area contributed by atoms with Crippen LogP contribution >= 0.6 is 0 Å². The molecule has 7 heteroatoms. The third-order valence-electron chi connectivity index (χ3n) is 3.99. The molecule has 0 radical (unpaired) electrons. The zero-order valence-corrected chi connectivity index (χ0v) is 15.7. The summed E-state index contributed by atoms with van der Waals surface area (Å²) in [5, 5.41) is 0. The van der Waals surface area contributed by atoms with Crippen LogP contribution in [-0.4, -0.2) is 36.6 Å². The summed E-state index contributed by atoms with van der Waals surface area (Å²) in [5.74, 6) is -1.59. The molecule has 2 rings (SSSR count). The van der Waals surface area contributed by atoms with Gasteiger partial charge in [-0.1, -0.05) is 30.3 Å². The fourth-order valence-electron chi connectivity index (χ4n) is 2.70. The van der Waals surface area contributed by atoms with Crippen molar-refractivity contribution in [1.82, 2.24) is 4.98 Å². The summed E-state index contributed by atoms with van der Waals surface area (Å²) in [6, 6.07) is 9.27. The lowest BCUT2D eigenvalue weighted by molar-refractivity contribution is -0.140. The number of aryl methyl sites for hydroxylation is 1. The third-order valence-corrected chi connectivity index (χ3v) is 3.99.